The molecule has 96 valence electrons. The van der Waals surface area contributed by atoms with E-state index < -0.39 is 11.9 Å². The molecule has 2 unspecified atom stereocenters. The third-order valence-corrected chi connectivity index (χ3v) is 2.78. The predicted octanol–water partition coefficient (Wildman–Crippen LogP) is 1.41. The Morgan fingerprint density at radius 1 is 1.41 bits per heavy atom. The smallest absolute Gasteiger partial charge is 0.372 e. The minimum absolute atomic E-state index is 0.0256. The Morgan fingerprint density at radius 3 is 2.65 bits per heavy atom. The number of rotatable bonds is 3. The van der Waals surface area contributed by atoms with Crippen molar-refractivity contribution in [2.75, 3.05) is 6.54 Å². The first kappa shape index (κ1) is 12.4. The van der Waals surface area contributed by atoms with Crippen LogP contribution in [0.4, 0.5) is 13.2 Å². The topological polar surface area (TPSA) is 53.1 Å². The maximum Gasteiger partial charge on any atom is 0.435 e. The van der Waals surface area contributed by atoms with Crippen LogP contribution >= 0.6 is 0 Å². The summed E-state index contributed by atoms with van der Waals surface area (Å²) in [6.07, 6.45) is -1.47. The van der Waals surface area contributed by atoms with E-state index in [1.54, 1.807) is 0 Å². The Bertz CT molecular complexity index is 377. The highest BCUT2D eigenvalue weighted by molar-refractivity contribution is 5.03. The maximum absolute atomic E-state index is 12.3. The standard InChI is InChI=1S/C10H14F3N3O/c11-10(12,13)9-3-4-16(15-9)6-8-2-1-7(5-14)17-8/h3-4,7-8H,1-2,5-6,14H2. The van der Waals surface area contributed by atoms with Gasteiger partial charge in [0.1, 0.15) is 0 Å². The van der Waals surface area contributed by atoms with Crippen molar-refractivity contribution >= 4 is 0 Å². The number of hydrogen-bond donors (Lipinski definition) is 1. The van der Waals surface area contributed by atoms with Gasteiger partial charge < -0.3 is 10.5 Å². The van der Waals surface area contributed by atoms with Crippen molar-refractivity contribution in [1.29, 1.82) is 0 Å². The summed E-state index contributed by atoms with van der Waals surface area (Å²) in [5, 5.41) is 3.48. The second-order valence-electron chi connectivity index (χ2n) is 4.11. The molecule has 0 bridgehead atoms. The number of halogens is 3. The Balaban J connectivity index is 1.94. The fourth-order valence-electron chi connectivity index (χ4n) is 1.91. The largest absolute Gasteiger partial charge is 0.435 e. The van der Waals surface area contributed by atoms with E-state index in [1.165, 1.54) is 10.9 Å². The lowest BCUT2D eigenvalue weighted by Gasteiger charge is -2.12. The molecule has 17 heavy (non-hydrogen) atoms. The van der Waals surface area contributed by atoms with Crippen LogP contribution in [0.2, 0.25) is 0 Å². The average molecular weight is 249 g/mol. The first-order valence-electron chi connectivity index (χ1n) is 5.45. The van der Waals surface area contributed by atoms with Crippen molar-refractivity contribution in [2.24, 2.45) is 5.73 Å². The number of hydrogen-bond acceptors (Lipinski definition) is 3. The molecule has 7 heteroatoms. The zero-order valence-electron chi connectivity index (χ0n) is 9.15. The summed E-state index contributed by atoms with van der Waals surface area (Å²) in [5.74, 6) is 0. The third kappa shape index (κ3) is 2.98. The van der Waals surface area contributed by atoms with Gasteiger partial charge in [0.05, 0.1) is 18.8 Å². The van der Waals surface area contributed by atoms with E-state index in [1.807, 2.05) is 0 Å². The molecule has 1 fully saturated rings. The quantitative estimate of drug-likeness (QED) is 0.881. The zero-order chi connectivity index (χ0) is 12.5. The van der Waals surface area contributed by atoms with E-state index in [0.717, 1.165) is 18.9 Å². The molecule has 0 aromatic carbocycles. The lowest BCUT2D eigenvalue weighted by molar-refractivity contribution is -0.141. The first-order chi connectivity index (χ1) is 7.99. The first-order valence-corrected chi connectivity index (χ1v) is 5.45. The molecule has 1 aromatic rings. The van der Waals surface area contributed by atoms with Crippen molar-refractivity contribution in [3.63, 3.8) is 0 Å². The monoisotopic (exact) mass is 249 g/mol. The predicted molar refractivity (Wildman–Crippen MR) is 54.2 cm³/mol. The molecule has 4 nitrogen and oxygen atoms in total. The van der Waals surface area contributed by atoms with Crippen LogP contribution in [0.15, 0.2) is 12.3 Å². The van der Waals surface area contributed by atoms with E-state index >= 15 is 0 Å². The molecule has 0 amide bonds. The second kappa shape index (κ2) is 4.66. The van der Waals surface area contributed by atoms with Crippen LogP contribution in [0.5, 0.6) is 0 Å². The molecule has 1 aliphatic rings. The molecule has 0 saturated carbocycles. The average Bonchev–Trinajstić information content (AvgIpc) is 2.86. The van der Waals surface area contributed by atoms with Crippen molar-refractivity contribution in [3.05, 3.63) is 18.0 Å². The molecule has 1 aliphatic heterocycles. The van der Waals surface area contributed by atoms with Crippen LogP contribution in [0, 0.1) is 0 Å². The van der Waals surface area contributed by atoms with E-state index in [2.05, 4.69) is 5.10 Å². The number of ether oxygens (including phenoxy) is 1. The van der Waals surface area contributed by atoms with Gasteiger partial charge in [-0.25, -0.2) is 0 Å². The fraction of sp³-hybridized carbons (Fsp3) is 0.700. The van der Waals surface area contributed by atoms with Crippen molar-refractivity contribution in [2.45, 2.75) is 37.8 Å². The van der Waals surface area contributed by atoms with Gasteiger partial charge in [0.15, 0.2) is 5.69 Å². The number of alkyl halides is 3. The Labute approximate surface area is 96.5 Å². The van der Waals surface area contributed by atoms with E-state index in [0.29, 0.717) is 13.1 Å². The van der Waals surface area contributed by atoms with E-state index in [-0.39, 0.29) is 12.2 Å². The third-order valence-electron chi connectivity index (χ3n) is 2.78. The summed E-state index contributed by atoms with van der Waals surface area (Å²) < 4.78 is 43.7. The molecule has 2 N–H and O–H groups in total. The van der Waals surface area contributed by atoms with E-state index in [4.69, 9.17) is 10.5 Å². The molecule has 1 aromatic heterocycles. The van der Waals surface area contributed by atoms with Crippen LogP contribution in [-0.4, -0.2) is 28.5 Å². The summed E-state index contributed by atoms with van der Waals surface area (Å²) in [4.78, 5) is 0. The van der Waals surface area contributed by atoms with Gasteiger partial charge in [-0.15, -0.1) is 0 Å². The zero-order valence-corrected chi connectivity index (χ0v) is 9.15. The summed E-state index contributed by atoms with van der Waals surface area (Å²) in [6, 6.07) is 0.968. The van der Waals surface area contributed by atoms with Crippen molar-refractivity contribution in [3.8, 4) is 0 Å². The second-order valence-corrected chi connectivity index (χ2v) is 4.11. The number of nitrogens with two attached hydrogens (primary N) is 1. The highest BCUT2D eigenvalue weighted by Gasteiger charge is 2.34. The SMILES string of the molecule is NCC1CCC(Cn2ccc(C(F)(F)F)n2)O1. The van der Waals surface area contributed by atoms with Crippen LogP contribution < -0.4 is 5.73 Å². The molecule has 0 spiro atoms. The highest BCUT2D eigenvalue weighted by atomic mass is 19.4. The van der Waals surface area contributed by atoms with Crippen LogP contribution in [0.1, 0.15) is 18.5 Å². The highest BCUT2D eigenvalue weighted by Crippen LogP contribution is 2.27. The summed E-state index contributed by atoms with van der Waals surface area (Å²) in [6.45, 7) is 0.788. The van der Waals surface area contributed by atoms with Crippen LogP contribution in [-0.2, 0) is 17.5 Å². The number of aromatic nitrogens is 2. The van der Waals surface area contributed by atoms with Gasteiger partial charge in [-0.1, -0.05) is 0 Å². The maximum atomic E-state index is 12.3. The Hall–Kier alpha value is -1.08. The molecular formula is C10H14F3N3O. The molecule has 2 rings (SSSR count). The summed E-state index contributed by atoms with van der Waals surface area (Å²) in [7, 11) is 0. The Kier molecular flexibility index (Phi) is 3.39. The van der Waals surface area contributed by atoms with Crippen LogP contribution in [0.3, 0.4) is 0 Å². The van der Waals surface area contributed by atoms with Gasteiger partial charge in [0, 0.05) is 12.7 Å². The molecule has 2 heterocycles. The van der Waals surface area contributed by atoms with E-state index in [9.17, 15) is 13.2 Å². The van der Waals surface area contributed by atoms with Gasteiger partial charge in [-0.2, -0.15) is 18.3 Å². The minimum atomic E-state index is -4.39. The van der Waals surface area contributed by atoms with Crippen LogP contribution in [0.25, 0.3) is 0 Å². The van der Waals surface area contributed by atoms with Gasteiger partial charge in [-0.05, 0) is 18.9 Å². The summed E-state index contributed by atoms with van der Waals surface area (Å²) >= 11 is 0. The molecular weight excluding hydrogens is 235 g/mol. The normalized spacial score (nSPS) is 25.4. The number of nitrogens with zero attached hydrogens (tertiary/aromatic N) is 2. The molecule has 2 atom stereocenters. The Morgan fingerprint density at radius 2 is 2.12 bits per heavy atom. The molecule has 1 saturated heterocycles. The van der Waals surface area contributed by atoms with Crippen molar-refractivity contribution < 1.29 is 17.9 Å². The lowest BCUT2D eigenvalue weighted by Crippen LogP contribution is -2.23. The molecule has 0 aliphatic carbocycles. The van der Waals surface area contributed by atoms with Gasteiger partial charge in [0.25, 0.3) is 0 Å². The van der Waals surface area contributed by atoms with Gasteiger partial charge in [-0.3, -0.25) is 4.68 Å². The lowest BCUT2D eigenvalue weighted by atomic mass is 10.2. The summed E-state index contributed by atoms with van der Waals surface area (Å²) in [5.41, 5.74) is 4.58. The fourth-order valence-corrected chi connectivity index (χ4v) is 1.91. The molecule has 0 radical (unpaired) electrons. The van der Waals surface area contributed by atoms with Crippen molar-refractivity contribution in [1.82, 2.24) is 9.78 Å². The van der Waals surface area contributed by atoms with Gasteiger partial charge in [0.2, 0.25) is 0 Å². The minimum Gasteiger partial charge on any atom is -0.372 e. The van der Waals surface area contributed by atoms with Gasteiger partial charge >= 0.3 is 6.18 Å².